The zero-order chi connectivity index (χ0) is 12.9. The minimum absolute atomic E-state index is 0.125. The summed E-state index contributed by atoms with van der Waals surface area (Å²) in [6.45, 7) is 0. The molecule has 3 rings (SSSR count). The first-order valence-electron chi connectivity index (χ1n) is 6.39. The number of nitrogens with two attached hydrogens (primary N) is 1. The van der Waals surface area contributed by atoms with Gasteiger partial charge in [-0.15, -0.1) is 0 Å². The summed E-state index contributed by atoms with van der Waals surface area (Å²) in [6, 6.07) is 5.69. The van der Waals surface area contributed by atoms with E-state index in [0.717, 1.165) is 12.0 Å². The highest BCUT2D eigenvalue weighted by molar-refractivity contribution is 5.30. The third-order valence-corrected chi connectivity index (χ3v) is 4.60. The number of hydrogen-bond acceptors (Lipinski definition) is 1. The van der Waals surface area contributed by atoms with E-state index in [1.165, 1.54) is 25.0 Å². The van der Waals surface area contributed by atoms with Crippen LogP contribution >= 0.6 is 0 Å². The highest BCUT2D eigenvalue weighted by Crippen LogP contribution is 2.52. The Labute approximate surface area is 104 Å². The summed E-state index contributed by atoms with van der Waals surface area (Å²) in [5, 5.41) is 0. The standard InChI is InChI=1S/C14H16F3N/c15-14(16,17)11-5-3-8(4-6-11)12-9-1-2-10(7-9)13(12)18/h3-6,9-10,12-13H,1-2,7,18H2. The number of fused-ring (bicyclic) bond motifs is 2. The number of alkyl halides is 3. The maximum atomic E-state index is 12.5. The summed E-state index contributed by atoms with van der Waals surface area (Å²) in [6.07, 6.45) is -0.755. The molecule has 4 unspecified atom stereocenters. The minimum Gasteiger partial charge on any atom is -0.327 e. The Morgan fingerprint density at radius 2 is 1.61 bits per heavy atom. The smallest absolute Gasteiger partial charge is 0.327 e. The second kappa shape index (κ2) is 3.98. The fourth-order valence-corrected chi connectivity index (χ4v) is 3.72. The average Bonchev–Trinajstić information content (AvgIpc) is 2.88. The van der Waals surface area contributed by atoms with Crippen LogP contribution in [-0.4, -0.2) is 6.04 Å². The van der Waals surface area contributed by atoms with Crippen molar-refractivity contribution in [3.63, 3.8) is 0 Å². The van der Waals surface area contributed by atoms with Gasteiger partial charge in [0, 0.05) is 12.0 Å². The van der Waals surface area contributed by atoms with Crippen LogP contribution < -0.4 is 5.73 Å². The minimum atomic E-state index is -4.25. The fraction of sp³-hybridized carbons (Fsp3) is 0.571. The van der Waals surface area contributed by atoms with E-state index in [0.29, 0.717) is 11.8 Å². The number of halogens is 3. The van der Waals surface area contributed by atoms with E-state index in [1.807, 2.05) is 0 Å². The highest BCUT2D eigenvalue weighted by atomic mass is 19.4. The lowest BCUT2D eigenvalue weighted by Crippen LogP contribution is -2.34. The molecule has 0 aliphatic heterocycles. The average molecular weight is 255 g/mol. The van der Waals surface area contributed by atoms with E-state index in [9.17, 15) is 13.2 Å². The lowest BCUT2D eigenvalue weighted by molar-refractivity contribution is -0.137. The van der Waals surface area contributed by atoms with Crippen molar-refractivity contribution < 1.29 is 13.2 Å². The van der Waals surface area contributed by atoms with Gasteiger partial charge in [-0.3, -0.25) is 0 Å². The van der Waals surface area contributed by atoms with E-state index in [-0.39, 0.29) is 12.0 Å². The molecule has 0 spiro atoms. The first-order valence-corrected chi connectivity index (χ1v) is 6.39. The molecule has 1 aromatic rings. The number of rotatable bonds is 1. The van der Waals surface area contributed by atoms with Crippen molar-refractivity contribution in [3.05, 3.63) is 35.4 Å². The molecular weight excluding hydrogens is 239 g/mol. The van der Waals surface area contributed by atoms with Gasteiger partial charge in [0.15, 0.2) is 0 Å². The number of benzene rings is 1. The fourth-order valence-electron chi connectivity index (χ4n) is 3.72. The van der Waals surface area contributed by atoms with E-state index >= 15 is 0 Å². The predicted octanol–water partition coefficient (Wildman–Crippen LogP) is 3.55. The molecule has 2 aliphatic rings. The molecule has 2 saturated carbocycles. The van der Waals surface area contributed by atoms with Crippen molar-refractivity contribution >= 4 is 0 Å². The van der Waals surface area contributed by atoms with E-state index in [1.54, 1.807) is 12.1 Å². The topological polar surface area (TPSA) is 26.0 Å². The normalized spacial score (nSPS) is 35.1. The van der Waals surface area contributed by atoms with Crippen LogP contribution in [0.25, 0.3) is 0 Å². The first-order chi connectivity index (χ1) is 8.47. The molecule has 2 aliphatic carbocycles. The Morgan fingerprint density at radius 3 is 2.11 bits per heavy atom. The van der Waals surface area contributed by atoms with Crippen molar-refractivity contribution in [2.75, 3.05) is 0 Å². The van der Waals surface area contributed by atoms with Gasteiger partial charge in [-0.1, -0.05) is 12.1 Å². The van der Waals surface area contributed by atoms with Crippen LogP contribution in [0.3, 0.4) is 0 Å². The van der Waals surface area contributed by atoms with Gasteiger partial charge in [0.1, 0.15) is 0 Å². The second-order valence-corrected chi connectivity index (χ2v) is 5.56. The Morgan fingerprint density at radius 1 is 1.00 bits per heavy atom. The molecule has 2 N–H and O–H groups in total. The summed E-state index contributed by atoms with van der Waals surface area (Å²) in [5.74, 6) is 1.40. The molecular formula is C14H16F3N. The Balaban J connectivity index is 1.85. The molecule has 2 fully saturated rings. The van der Waals surface area contributed by atoms with Gasteiger partial charge in [0.2, 0.25) is 0 Å². The maximum Gasteiger partial charge on any atom is 0.416 e. The van der Waals surface area contributed by atoms with Gasteiger partial charge in [0.25, 0.3) is 0 Å². The van der Waals surface area contributed by atoms with Gasteiger partial charge in [-0.25, -0.2) is 0 Å². The van der Waals surface area contributed by atoms with Crippen LogP contribution in [0.5, 0.6) is 0 Å². The van der Waals surface area contributed by atoms with E-state index in [4.69, 9.17) is 5.73 Å². The van der Waals surface area contributed by atoms with Gasteiger partial charge in [-0.2, -0.15) is 13.2 Å². The summed E-state index contributed by atoms with van der Waals surface area (Å²) in [5.41, 5.74) is 6.59. The van der Waals surface area contributed by atoms with Crippen LogP contribution in [0, 0.1) is 11.8 Å². The largest absolute Gasteiger partial charge is 0.416 e. The van der Waals surface area contributed by atoms with Gasteiger partial charge in [0.05, 0.1) is 5.56 Å². The van der Waals surface area contributed by atoms with Crippen molar-refractivity contribution in [2.45, 2.75) is 37.4 Å². The molecule has 0 heterocycles. The molecule has 0 amide bonds. The van der Waals surface area contributed by atoms with Crippen LogP contribution in [-0.2, 0) is 6.18 Å². The van der Waals surface area contributed by atoms with Gasteiger partial charge < -0.3 is 5.73 Å². The molecule has 4 atom stereocenters. The second-order valence-electron chi connectivity index (χ2n) is 5.56. The number of hydrogen-bond donors (Lipinski definition) is 1. The van der Waals surface area contributed by atoms with Gasteiger partial charge >= 0.3 is 6.18 Å². The van der Waals surface area contributed by atoms with Crippen molar-refractivity contribution in [1.82, 2.24) is 0 Å². The Kier molecular flexibility index (Phi) is 2.66. The quantitative estimate of drug-likeness (QED) is 0.816. The van der Waals surface area contributed by atoms with Crippen LogP contribution in [0.15, 0.2) is 24.3 Å². The summed E-state index contributed by atoms with van der Waals surface area (Å²) in [7, 11) is 0. The molecule has 18 heavy (non-hydrogen) atoms. The summed E-state index contributed by atoms with van der Waals surface area (Å²) in [4.78, 5) is 0. The lowest BCUT2D eigenvalue weighted by Gasteiger charge is -2.28. The summed E-state index contributed by atoms with van der Waals surface area (Å²) >= 11 is 0. The lowest BCUT2D eigenvalue weighted by atomic mass is 9.80. The Bertz CT molecular complexity index is 435. The molecule has 1 nitrogen and oxygen atoms in total. The molecule has 0 saturated heterocycles. The SMILES string of the molecule is NC1C2CCC(C2)C1c1ccc(C(F)(F)F)cc1. The molecule has 1 aromatic carbocycles. The zero-order valence-electron chi connectivity index (χ0n) is 9.95. The molecule has 0 aromatic heterocycles. The molecule has 4 heteroatoms. The third kappa shape index (κ3) is 1.83. The Hall–Kier alpha value is -1.03. The zero-order valence-corrected chi connectivity index (χ0v) is 9.95. The van der Waals surface area contributed by atoms with E-state index < -0.39 is 11.7 Å². The van der Waals surface area contributed by atoms with Gasteiger partial charge in [-0.05, 0) is 48.8 Å². The summed E-state index contributed by atoms with van der Waals surface area (Å²) < 4.78 is 37.5. The van der Waals surface area contributed by atoms with Crippen LogP contribution in [0.4, 0.5) is 13.2 Å². The monoisotopic (exact) mass is 255 g/mol. The van der Waals surface area contributed by atoms with Crippen molar-refractivity contribution in [2.24, 2.45) is 17.6 Å². The molecule has 0 radical (unpaired) electrons. The van der Waals surface area contributed by atoms with E-state index in [2.05, 4.69) is 0 Å². The molecule has 2 bridgehead atoms. The first kappa shape index (κ1) is 12.0. The highest BCUT2D eigenvalue weighted by Gasteiger charge is 2.46. The predicted molar refractivity (Wildman–Crippen MR) is 63.0 cm³/mol. The molecule has 98 valence electrons. The maximum absolute atomic E-state index is 12.5. The third-order valence-electron chi connectivity index (χ3n) is 4.60. The van der Waals surface area contributed by atoms with Crippen LogP contribution in [0.1, 0.15) is 36.3 Å². The van der Waals surface area contributed by atoms with Crippen molar-refractivity contribution in [1.29, 1.82) is 0 Å². The van der Waals surface area contributed by atoms with Crippen LogP contribution in [0.2, 0.25) is 0 Å². The van der Waals surface area contributed by atoms with Crippen molar-refractivity contribution in [3.8, 4) is 0 Å².